The Balaban J connectivity index is 1.93. The molecule has 2 atom stereocenters. The van der Waals surface area contributed by atoms with Crippen molar-refractivity contribution >= 4 is 10.8 Å². The molecule has 0 aliphatic rings. The Morgan fingerprint density at radius 1 is 0.880 bits per heavy atom. The number of aliphatic hydroxyl groups is 1. The Hall–Kier alpha value is -1.58. The molecule has 0 aliphatic heterocycles. The minimum Gasteiger partial charge on any atom is -0.491 e. The average Bonchev–Trinajstić information content (AvgIpc) is 2.65. The second kappa shape index (κ2) is 9.79. The van der Waals surface area contributed by atoms with Crippen LogP contribution in [-0.2, 0) is 4.74 Å². The van der Waals surface area contributed by atoms with Gasteiger partial charge in [-0.2, -0.15) is 0 Å². The minimum atomic E-state index is -0.607. The highest BCUT2D eigenvalue weighted by Gasteiger charge is 2.10. The summed E-state index contributed by atoms with van der Waals surface area (Å²) in [6.45, 7) is 9.22. The highest BCUT2D eigenvalue weighted by atomic mass is 16.5. The lowest BCUT2D eigenvalue weighted by Gasteiger charge is -2.18. The van der Waals surface area contributed by atoms with Gasteiger partial charge >= 0.3 is 0 Å². The van der Waals surface area contributed by atoms with Crippen molar-refractivity contribution in [2.24, 2.45) is 0 Å². The van der Waals surface area contributed by atoms with Gasteiger partial charge in [0.2, 0.25) is 0 Å². The molecule has 0 heterocycles. The molecule has 138 valence electrons. The molecule has 0 aliphatic carbocycles. The highest BCUT2D eigenvalue weighted by molar-refractivity contribution is 5.84. The van der Waals surface area contributed by atoms with E-state index in [1.54, 1.807) is 0 Å². The average molecular weight is 344 g/mol. The van der Waals surface area contributed by atoms with E-state index in [1.165, 1.54) is 10.9 Å². The number of ether oxygens (including phenoxy) is 2. The first-order chi connectivity index (χ1) is 12.1. The van der Waals surface area contributed by atoms with Crippen molar-refractivity contribution in [1.82, 2.24) is 0 Å². The Kier molecular flexibility index (Phi) is 7.73. The maximum atomic E-state index is 10.0. The summed E-state index contributed by atoms with van der Waals surface area (Å²) in [6.07, 6.45) is 2.68. The quantitative estimate of drug-likeness (QED) is 0.636. The zero-order valence-electron chi connectivity index (χ0n) is 16.0. The van der Waals surface area contributed by atoms with Crippen LogP contribution in [-0.4, -0.2) is 30.5 Å². The zero-order valence-corrected chi connectivity index (χ0v) is 16.0. The van der Waals surface area contributed by atoms with Crippen LogP contribution in [0.2, 0.25) is 0 Å². The van der Waals surface area contributed by atoms with E-state index < -0.39 is 6.10 Å². The first-order valence-electron chi connectivity index (χ1n) is 9.53. The fourth-order valence-electron chi connectivity index (χ4n) is 2.89. The summed E-state index contributed by atoms with van der Waals surface area (Å²) in [6, 6.07) is 12.7. The molecule has 2 aromatic rings. The first kappa shape index (κ1) is 19.7. The van der Waals surface area contributed by atoms with Crippen molar-refractivity contribution in [3.8, 4) is 5.75 Å². The smallest absolute Gasteiger partial charge is 0.120 e. The lowest BCUT2D eigenvalue weighted by atomic mass is 9.96. The molecule has 0 radical (unpaired) electrons. The molecule has 3 heteroatoms. The Bertz CT molecular complexity index is 649. The molecule has 25 heavy (non-hydrogen) atoms. The Morgan fingerprint density at radius 3 is 2.24 bits per heavy atom. The number of fused-ring (bicyclic) bond motifs is 1. The van der Waals surface area contributed by atoms with Crippen LogP contribution in [0.3, 0.4) is 0 Å². The normalized spacial score (nSPS) is 14.0. The van der Waals surface area contributed by atoms with Crippen molar-refractivity contribution in [2.75, 3.05) is 13.2 Å². The third-order valence-electron chi connectivity index (χ3n) is 4.89. The Morgan fingerprint density at radius 2 is 1.56 bits per heavy atom. The molecule has 3 nitrogen and oxygen atoms in total. The molecule has 0 saturated heterocycles. The summed E-state index contributed by atoms with van der Waals surface area (Å²) >= 11 is 0. The van der Waals surface area contributed by atoms with Crippen LogP contribution < -0.4 is 4.74 Å². The monoisotopic (exact) mass is 344 g/mol. The molecular formula is C22H32O3. The molecule has 0 saturated carbocycles. The van der Waals surface area contributed by atoms with Gasteiger partial charge in [0.25, 0.3) is 0 Å². The van der Waals surface area contributed by atoms with E-state index in [1.807, 2.05) is 12.1 Å². The van der Waals surface area contributed by atoms with Gasteiger partial charge in [-0.05, 0) is 53.6 Å². The van der Waals surface area contributed by atoms with Gasteiger partial charge < -0.3 is 14.6 Å². The second-order valence-corrected chi connectivity index (χ2v) is 6.81. The van der Waals surface area contributed by atoms with Crippen molar-refractivity contribution in [3.05, 3.63) is 42.0 Å². The molecular weight excluding hydrogens is 312 g/mol. The summed E-state index contributed by atoms with van der Waals surface area (Å²) in [5.74, 6) is 1.36. The van der Waals surface area contributed by atoms with Crippen LogP contribution >= 0.6 is 0 Å². The fraction of sp³-hybridized carbons (Fsp3) is 0.545. The molecule has 0 amide bonds. The number of hydrogen-bond acceptors (Lipinski definition) is 3. The first-order valence-corrected chi connectivity index (χ1v) is 9.53. The lowest BCUT2D eigenvalue weighted by Crippen LogP contribution is -2.26. The van der Waals surface area contributed by atoms with Crippen LogP contribution in [0.25, 0.3) is 10.8 Å². The van der Waals surface area contributed by atoms with E-state index in [0.29, 0.717) is 12.5 Å². The topological polar surface area (TPSA) is 38.7 Å². The summed E-state index contributed by atoms with van der Waals surface area (Å²) in [5, 5.41) is 12.4. The molecule has 2 unspecified atom stereocenters. The molecule has 0 fully saturated rings. The van der Waals surface area contributed by atoms with Gasteiger partial charge in [-0.25, -0.2) is 0 Å². The summed E-state index contributed by atoms with van der Waals surface area (Å²) < 4.78 is 11.4. The second-order valence-electron chi connectivity index (χ2n) is 6.81. The van der Waals surface area contributed by atoms with Gasteiger partial charge in [-0.15, -0.1) is 0 Å². The van der Waals surface area contributed by atoms with Gasteiger partial charge in [-0.3, -0.25) is 0 Å². The summed E-state index contributed by atoms with van der Waals surface area (Å²) in [7, 11) is 0. The van der Waals surface area contributed by atoms with Crippen molar-refractivity contribution < 1.29 is 14.6 Å². The van der Waals surface area contributed by atoms with Gasteiger partial charge in [0.1, 0.15) is 18.5 Å². The standard InChI is InChI=1S/C22H32O3/c1-5-16(4)17-8-9-19-13-22(11-10-18(19)12-17)25-15-20(23)14-24-21(6-2)7-3/h8-13,16,20-21,23H,5-7,14-15H2,1-4H3. The molecule has 0 spiro atoms. The maximum Gasteiger partial charge on any atom is 0.120 e. The minimum absolute atomic E-state index is 0.218. The summed E-state index contributed by atoms with van der Waals surface area (Å²) in [5.41, 5.74) is 1.37. The van der Waals surface area contributed by atoms with Crippen LogP contribution in [0.1, 0.15) is 58.4 Å². The van der Waals surface area contributed by atoms with Crippen LogP contribution in [0.4, 0.5) is 0 Å². The highest BCUT2D eigenvalue weighted by Crippen LogP contribution is 2.26. The molecule has 1 N–H and O–H groups in total. The van der Waals surface area contributed by atoms with E-state index in [-0.39, 0.29) is 12.7 Å². The van der Waals surface area contributed by atoms with E-state index in [0.717, 1.165) is 30.4 Å². The van der Waals surface area contributed by atoms with Gasteiger partial charge in [0, 0.05) is 0 Å². The van der Waals surface area contributed by atoms with E-state index in [2.05, 4.69) is 52.0 Å². The number of aliphatic hydroxyl groups excluding tert-OH is 1. The zero-order chi connectivity index (χ0) is 18.2. The molecule has 0 aromatic heterocycles. The summed E-state index contributed by atoms with van der Waals surface area (Å²) in [4.78, 5) is 0. The third-order valence-corrected chi connectivity index (χ3v) is 4.89. The lowest BCUT2D eigenvalue weighted by molar-refractivity contribution is -0.0267. The molecule has 0 bridgehead atoms. The van der Waals surface area contributed by atoms with Gasteiger partial charge in [0.15, 0.2) is 0 Å². The largest absolute Gasteiger partial charge is 0.491 e. The van der Waals surface area contributed by atoms with Crippen LogP contribution in [0.15, 0.2) is 36.4 Å². The predicted molar refractivity (Wildman–Crippen MR) is 104 cm³/mol. The molecule has 2 aromatic carbocycles. The van der Waals surface area contributed by atoms with Crippen molar-refractivity contribution in [2.45, 2.75) is 65.1 Å². The van der Waals surface area contributed by atoms with Gasteiger partial charge in [-0.1, -0.05) is 52.0 Å². The fourth-order valence-corrected chi connectivity index (χ4v) is 2.89. The van der Waals surface area contributed by atoms with Crippen molar-refractivity contribution in [1.29, 1.82) is 0 Å². The molecule has 2 rings (SSSR count). The number of rotatable bonds is 10. The number of hydrogen-bond donors (Lipinski definition) is 1. The van der Waals surface area contributed by atoms with E-state index in [9.17, 15) is 5.11 Å². The number of benzene rings is 2. The van der Waals surface area contributed by atoms with Crippen molar-refractivity contribution in [3.63, 3.8) is 0 Å². The van der Waals surface area contributed by atoms with E-state index >= 15 is 0 Å². The van der Waals surface area contributed by atoms with Gasteiger partial charge in [0.05, 0.1) is 12.7 Å². The Labute approximate surface area is 152 Å². The predicted octanol–water partition coefficient (Wildman–Crippen LogP) is 5.30. The SMILES string of the molecule is CCC(CC)OCC(O)COc1ccc2cc(C(C)CC)ccc2c1. The van der Waals surface area contributed by atoms with E-state index in [4.69, 9.17) is 9.47 Å². The van der Waals surface area contributed by atoms with Crippen LogP contribution in [0.5, 0.6) is 5.75 Å². The maximum absolute atomic E-state index is 10.0. The van der Waals surface area contributed by atoms with Crippen LogP contribution in [0, 0.1) is 0 Å². The third kappa shape index (κ3) is 5.72.